The lowest BCUT2D eigenvalue weighted by Gasteiger charge is -2.11. The van der Waals surface area contributed by atoms with Gasteiger partial charge in [-0.2, -0.15) is 5.10 Å². The number of aromatic nitrogens is 3. The number of nitrogens with zero attached hydrogens (tertiary/aromatic N) is 2. The Morgan fingerprint density at radius 2 is 2.12 bits per heavy atom. The predicted octanol–water partition coefficient (Wildman–Crippen LogP) is 3.22. The van der Waals surface area contributed by atoms with Crippen molar-refractivity contribution in [1.82, 2.24) is 14.8 Å². The van der Waals surface area contributed by atoms with Crippen LogP contribution < -0.4 is 10.5 Å². The molecule has 0 aliphatic rings. The van der Waals surface area contributed by atoms with Crippen LogP contribution in [-0.2, 0) is 17.1 Å². The largest absolute Gasteiger partial charge is 0.417 e. The molecule has 2 N–H and O–H groups in total. The molecule has 0 aliphatic heterocycles. The summed E-state index contributed by atoms with van der Waals surface area (Å²) in [6, 6.07) is 6.46. The summed E-state index contributed by atoms with van der Waals surface area (Å²) in [5.41, 5.74) is 1.38. The van der Waals surface area contributed by atoms with E-state index < -0.39 is 15.8 Å². The number of hydrogen-bond acceptors (Lipinski definition) is 5. The zero-order valence-corrected chi connectivity index (χ0v) is 16.2. The van der Waals surface area contributed by atoms with Crippen molar-refractivity contribution in [2.45, 2.75) is 4.90 Å². The molecule has 8 nitrogen and oxygen atoms in total. The van der Waals surface area contributed by atoms with Crippen molar-refractivity contribution in [3.63, 3.8) is 0 Å². The van der Waals surface area contributed by atoms with Crippen LogP contribution in [-0.4, -0.2) is 23.2 Å². The van der Waals surface area contributed by atoms with Crippen molar-refractivity contribution >= 4 is 65.2 Å². The first-order chi connectivity index (χ1) is 12.3. The Hall–Kier alpha value is -2.30. The summed E-state index contributed by atoms with van der Waals surface area (Å²) in [5.74, 6) is -0.724. The molecule has 0 unspecified atom stereocenters. The molecule has 2 heterocycles. The second-order valence-electron chi connectivity index (χ2n) is 5.54. The van der Waals surface area contributed by atoms with Crippen LogP contribution in [0.15, 0.2) is 49.0 Å². The van der Waals surface area contributed by atoms with E-state index in [2.05, 4.69) is 30.7 Å². The van der Waals surface area contributed by atoms with E-state index in [0.29, 0.717) is 11.2 Å². The summed E-state index contributed by atoms with van der Waals surface area (Å²) in [5, 5.41) is 4.81. The lowest BCUT2D eigenvalue weighted by atomic mass is 10.2. The molecular formula is C15H10BrClN4O4S. The Labute approximate surface area is 159 Å². The minimum absolute atomic E-state index is 0.0256. The molecule has 2 aromatic heterocycles. The van der Waals surface area contributed by atoms with E-state index in [1.807, 2.05) is 0 Å². The fraction of sp³-hybridized carbons (Fsp3) is 0.0667. The summed E-state index contributed by atoms with van der Waals surface area (Å²) in [6.07, 6.45) is 1.68. The van der Waals surface area contributed by atoms with Crippen molar-refractivity contribution < 1.29 is 12.8 Å². The number of sulfonamides is 1. The molecule has 0 radical (unpaired) electrons. The van der Waals surface area contributed by atoms with E-state index in [0.717, 1.165) is 10.9 Å². The molecule has 0 aliphatic carbocycles. The zero-order chi connectivity index (χ0) is 18.6. The second-order valence-corrected chi connectivity index (χ2v) is 8.39. The number of H-pyrrole nitrogens is 1. The Morgan fingerprint density at radius 3 is 2.88 bits per heavy atom. The van der Waals surface area contributed by atoms with Crippen molar-refractivity contribution in [3.8, 4) is 0 Å². The number of aryl methyl sites for hydroxylation is 1. The monoisotopic (exact) mass is 456 g/mol. The van der Waals surface area contributed by atoms with E-state index in [1.165, 1.54) is 6.07 Å². The van der Waals surface area contributed by atoms with Gasteiger partial charge in [0.25, 0.3) is 10.0 Å². The zero-order valence-electron chi connectivity index (χ0n) is 13.1. The number of benzene rings is 2. The summed E-state index contributed by atoms with van der Waals surface area (Å²) >= 11 is 9.39. The molecular weight excluding hydrogens is 448 g/mol. The molecule has 2 aromatic carbocycles. The van der Waals surface area contributed by atoms with Gasteiger partial charge in [-0.05, 0) is 40.2 Å². The molecule has 0 saturated heterocycles. The third-order valence-corrected chi connectivity index (χ3v) is 6.66. The van der Waals surface area contributed by atoms with E-state index >= 15 is 0 Å². The van der Waals surface area contributed by atoms with Gasteiger partial charge in [0.1, 0.15) is 9.92 Å². The third-order valence-electron chi connectivity index (χ3n) is 3.83. The minimum atomic E-state index is -4.06. The van der Waals surface area contributed by atoms with Gasteiger partial charge in [0, 0.05) is 16.9 Å². The van der Waals surface area contributed by atoms with Crippen LogP contribution in [0.4, 0.5) is 5.69 Å². The van der Waals surface area contributed by atoms with E-state index in [4.69, 9.17) is 16.0 Å². The van der Waals surface area contributed by atoms with Gasteiger partial charge in [-0.25, -0.2) is 13.2 Å². The first kappa shape index (κ1) is 17.1. The van der Waals surface area contributed by atoms with Gasteiger partial charge in [0.2, 0.25) is 0 Å². The number of fused-ring (bicyclic) bond motifs is 2. The molecule has 0 atom stereocenters. The maximum Gasteiger partial charge on any atom is 0.417 e. The van der Waals surface area contributed by atoms with Crippen molar-refractivity contribution in [2.75, 3.05) is 4.72 Å². The lowest BCUT2D eigenvalue weighted by Crippen LogP contribution is -2.14. The number of oxazole rings is 1. The number of nitrogens with one attached hydrogen (secondary N) is 2. The lowest BCUT2D eigenvalue weighted by molar-refractivity contribution is 0.554. The van der Waals surface area contributed by atoms with Crippen LogP contribution in [0.3, 0.4) is 0 Å². The van der Waals surface area contributed by atoms with E-state index in [1.54, 1.807) is 36.1 Å². The minimum Gasteiger partial charge on any atom is -0.406 e. The fourth-order valence-corrected chi connectivity index (χ4v) is 5.58. The van der Waals surface area contributed by atoms with Gasteiger partial charge in [-0.1, -0.05) is 11.6 Å². The highest BCUT2D eigenvalue weighted by Gasteiger charge is 2.26. The Balaban J connectivity index is 1.84. The van der Waals surface area contributed by atoms with Crippen LogP contribution >= 0.6 is 27.5 Å². The number of aromatic amines is 1. The van der Waals surface area contributed by atoms with Crippen molar-refractivity contribution in [2.24, 2.45) is 7.05 Å². The summed E-state index contributed by atoms with van der Waals surface area (Å²) < 4.78 is 35.0. The molecule has 0 bridgehead atoms. The smallest absolute Gasteiger partial charge is 0.406 e. The summed E-state index contributed by atoms with van der Waals surface area (Å²) in [7, 11) is -2.30. The molecule has 26 heavy (non-hydrogen) atoms. The molecule has 0 amide bonds. The third kappa shape index (κ3) is 2.70. The molecule has 4 rings (SSSR count). The highest BCUT2D eigenvalue weighted by molar-refractivity contribution is 9.10. The molecule has 4 aromatic rings. The van der Waals surface area contributed by atoms with Gasteiger partial charge in [-0.15, -0.1) is 0 Å². The SMILES string of the molecule is Cn1ncc2ccc(NS(=O)(=O)c3c(Br)cc4[nH]c(=O)oc4c3Cl)cc21. The Bertz CT molecular complexity index is 1340. The van der Waals surface area contributed by atoms with Gasteiger partial charge in [0.15, 0.2) is 5.58 Å². The maximum absolute atomic E-state index is 12.9. The van der Waals surface area contributed by atoms with Crippen LogP contribution in [0, 0.1) is 0 Å². The average molecular weight is 458 g/mol. The number of anilines is 1. The highest BCUT2D eigenvalue weighted by Crippen LogP contribution is 2.36. The first-order valence-corrected chi connectivity index (χ1v) is 9.87. The second kappa shape index (κ2) is 5.86. The van der Waals surface area contributed by atoms with Gasteiger partial charge < -0.3 is 4.42 Å². The van der Waals surface area contributed by atoms with E-state index in [-0.39, 0.29) is 20.0 Å². The topological polar surface area (TPSA) is 110 Å². The summed E-state index contributed by atoms with van der Waals surface area (Å²) in [6.45, 7) is 0. The number of halogens is 2. The van der Waals surface area contributed by atoms with E-state index in [9.17, 15) is 13.2 Å². The van der Waals surface area contributed by atoms with Crippen LogP contribution in [0.2, 0.25) is 5.02 Å². The first-order valence-electron chi connectivity index (χ1n) is 7.21. The molecule has 11 heteroatoms. The van der Waals surface area contributed by atoms with Gasteiger partial charge in [-0.3, -0.25) is 14.4 Å². The van der Waals surface area contributed by atoms with Gasteiger partial charge >= 0.3 is 5.76 Å². The van der Waals surface area contributed by atoms with Crippen molar-refractivity contribution in [3.05, 3.63) is 50.5 Å². The molecule has 0 spiro atoms. The Kier molecular flexibility index (Phi) is 3.86. The van der Waals surface area contributed by atoms with Crippen LogP contribution in [0.5, 0.6) is 0 Å². The Morgan fingerprint density at radius 1 is 1.35 bits per heavy atom. The number of rotatable bonds is 3. The normalized spacial score (nSPS) is 12.1. The van der Waals surface area contributed by atoms with Crippen LogP contribution in [0.1, 0.15) is 0 Å². The highest BCUT2D eigenvalue weighted by atomic mass is 79.9. The fourth-order valence-electron chi connectivity index (χ4n) is 2.66. The molecule has 0 saturated carbocycles. The summed E-state index contributed by atoms with van der Waals surface area (Å²) in [4.78, 5) is 13.6. The van der Waals surface area contributed by atoms with Crippen LogP contribution in [0.25, 0.3) is 22.0 Å². The average Bonchev–Trinajstić information content (AvgIpc) is 3.09. The van der Waals surface area contributed by atoms with Gasteiger partial charge in [0.05, 0.1) is 22.9 Å². The molecule has 0 fully saturated rings. The molecule has 134 valence electrons. The standard InChI is InChI=1S/C15H10BrClN4O4S/c1-21-11-4-8(3-2-7(11)6-18-21)20-26(23,24)14-9(16)5-10-13(12(14)17)25-15(22)19-10/h2-6,20H,1H3,(H,19,22). The number of hydrogen-bond donors (Lipinski definition) is 2. The quantitative estimate of drug-likeness (QED) is 0.491. The maximum atomic E-state index is 12.9. The van der Waals surface area contributed by atoms with Crippen molar-refractivity contribution in [1.29, 1.82) is 0 Å². The predicted molar refractivity (Wildman–Crippen MR) is 101 cm³/mol.